The Bertz CT molecular complexity index is 1390. The molecule has 212 valence electrons. The number of rotatable bonds is 11. The number of nitrogens with zero attached hydrogens (tertiary/aromatic N) is 2. The number of halogens is 1. The smallest absolute Gasteiger partial charge is 0.264 e. The molecule has 40 heavy (non-hydrogen) atoms. The highest BCUT2D eigenvalue weighted by Crippen LogP contribution is 2.26. The van der Waals surface area contributed by atoms with E-state index in [9.17, 15) is 22.4 Å². The van der Waals surface area contributed by atoms with Crippen molar-refractivity contribution in [1.29, 1.82) is 0 Å². The fourth-order valence-corrected chi connectivity index (χ4v) is 6.17. The molecule has 10 heteroatoms. The van der Waals surface area contributed by atoms with Gasteiger partial charge in [-0.15, -0.1) is 0 Å². The average Bonchev–Trinajstić information content (AvgIpc) is 3.48. The van der Waals surface area contributed by atoms with Crippen LogP contribution in [0.15, 0.2) is 83.8 Å². The molecule has 0 aromatic heterocycles. The SMILES string of the molecule is COc1ccc(S(=O)(=O)N(CC(=O)N(Cc2ccc(F)cc2)C(C)C(=O)NC2CCCC2)c2ccccc2)cc1. The molecular weight excluding hydrogens is 533 g/mol. The first-order valence-corrected chi connectivity index (χ1v) is 14.7. The normalized spacial score (nSPS) is 14.4. The minimum atomic E-state index is -4.17. The predicted molar refractivity (Wildman–Crippen MR) is 151 cm³/mol. The van der Waals surface area contributed by atoms with Crippen molar-refractivity contribution in [2.24, 2.45) is 0 Å². The summed E-state index contributed by atoms with van der Waals surface area (Å²) in [5.41, 5.74) is 0.913. The maximum atomic E-state index is 13.9. The molecule has 1 saturated carbocycles. The number of sulfonamides is 1. The molecule has 2 amide bonds. The molecule has 1 fully saturated rings. The molecule has 0 bridgehead atoms. The quantitative estimate of drug-likeness (QED) is 0.368. The Hall–Kier alpha value is -3.92. The highest BCUT2D eigenvalue weighted by Gasteiger charge is 2.33. The first-order valence-electron chi connectivity index (χ1n) is 13.2. The fraction of sp³-hybridized carbons (Fsp3) is 0.333. The zero-order chi connectivity index (χ0) is 28.7. The maximum absolute atomic E-state index is 13.9. The number of para-hydroxylation sites is 1. The lowest BCUT2D eigenvalue weighted by atomic mass is 10.1. The van der Waals surface area contributed by atoms with Crippen LogP contribution in [0, 0.1) is 5.82 Å². The summed E-state index contributed by atoms with van der Waals surface area (Å²) in [6, 6.07) is 19.1. The molecular formula is C30H34FN3O5S. The van der Waals surface area contributed by atoms with E-state index in [1.165, 1.54) is 48.4 Å². The van der Waals surface area contributed by atoms with Crippen LogP contribution in [0.5, 0.6) is 5.75 Å². The molecule has 0 saturated heterocycles. The van der Waals surface area contributed by atoms with Gasteiger partial charge in [-0.3, -0.25) is 13.9 Å². The number of nitrogens with one attached hydrogen (secondary N) is 1. The van der Waals surface area contributed by atoms with Crippen molar-refractivity contribution < 1.29 is 27.1 Å². The van der Waals surface area contributed by atoms with Crippen LogP contribution in [0.1, 0.15) is 38.2 Å². The summed E-state index contributed by atoms with van der Waals surface area (Å²) in [6.07, 6.45) is 3.83. The number of anilines is 1. The van der Waals surface area contributed by atoms with Crippen molar-refractivity contribution in [3.8, 4) is 5.75 Å². The molecule has 1 N–H and O–H groups in total. The van der Waals surface area contributed by atoms with Gasteiger partial charge in [-0.1, -0.05) is 43.2 Å². The fourth-order valence-electron chi connectivity index (χ4n) is 4.76. The Morgan fingerprint density at radius 2 is 1.60 bits per heavy atom. The van der Waals surface area contributed by atoms with E-state index in [-0.39, 0.29) is 23.4 Å². The van der Waals surface area contributed by atoms with Crippen LogP contribution < -0.4 is 14.4 Å². The molecule has 1 atom stereocenters. The number of hydrogen-bond donors (Lipinski definition) is 1. The number of benzene rings is 3. The van der Waals surface area contributed by atoms with Gasteiger partial charge in [0.25, 0.3) is 10.0 Å². The Balaban J connectivity index is 1.66. The molecule has 8 nitrogen and oxygen atoms in total. The summed E-state index contributed by atoms with van der Waals surface area (Å²) in [5, 5.41) is 3.02. The van der Waals surface area contributed by atoms with E-state index in [0.717, 1.165) is 30.0 Å². The van der Waals surface area contributed by atoms with Crippen molar-refractivity contribution in [3.05, 3.63) is 90.2 Å². The molecule has 4 rings (SSSR count). The van der Waals surface area contributed by atoms with Crippen LogP contribution in [0.2, 0.25) is 0 Å². The van der Waals surface area contributed by atoms with Crippen LogP contribution in [-0.4, -0.2) is 50.9 Å². The van der Waals surface area contributed by atoms with E-state index >= 15 is 0 Å². The molecule has 1 aliphatic carbocycles. The van der Waals surface area contributed by atoms with E-state index in [1.807, 2.05) is 0 Å². The number of carbonyl (C=O) groups is 2. The zero-order valence-corrected chi connectivity index (χ0v) is 23.4. The van der Waals surface area contributed by atoms with Gasteiger partial charge in [0.15, 0.2) is 0 Å². The minimum absolute atomic E-state index is 0.00355. The third kappa shape index (κ3) is 6.98. The largest absolute Gasteiger partial charge is 0.497 e. The van der Waals surface area contributed by atoms with Crippen molar-refractivity contribution >= 4 is 27.5 Å². The molecule has 0 aliphatic heterocycles. The minimum Gasteiger partial charge on any atom is -0.497 e. The first-order chi connectivity index (χ1) is 19.2. The van der Waals surface area contributed by atoms with E-state index in [2.05, 4.69) is 5.32 Å². The van der Waals surface area contributed by atoms with Crippen LogP contribution in [0.3, 0.4) is 0 Å². The first kappa shape index (κ1) is 29.1. The maximum Gasteiger partial charge on any atom is 0.264 e. The standard InChI is InChI=1S/C30H34FN3O5S/c1-22(30(36)32-25-8-6-7-9-25)33(20-23-12-14-24(31)15-13-23)29(35)21-34(26-10-4-3-5-11-26)40(37,38)28-18-16-27(39-2)17-19-28/h3-5,10-19,22,25H,6-9,20-21H2,1-2H3,(H,32,36). The second-order valence-corrected chi connectivity index (χ2v) is 11.7. The topological polar surface area (TPSA) is 96.0 Å². The molecule has 0 radical (unpaired) electrons. The number of carbonyl (C=O) groups excluding carboxylic acids is 2. The Morgan fingerprint density at radius 1 is 0.975 bits per heavy atom. The van der Waals surface area contributed by atoms with Gasteiger partial charge in [0, 0.05) is 12.6 Å². The Kier molecular flexibility index (Phi) is 9.42. The molecule has 0 heterocycles. The molecule has 1 unspecified atom stereocenters. The van der Waals surface area contributed by atoms with Crippen LogP contribution >= 0.6 is 0 Å². The Morgan fingerprint density at radius 3 is 2.20 bits per heavy atom. The molecule has 3 aromatic carbocycles. The van der Waals surface area contributed by atoms with Crippen molar-refractivity contribution in [1.82, 2.24) is 10.2 Å². The van der Waals surface area contributed by atoms with E-state index < -0.39 is 34.3 Å². The number of methoxy groups -OCH3 is 1. The van der Waals surface area contributed by atoms with E-state index in [1.54, 1.807) is 49.4 Å². The summed E-state index contributed by atoms with van der Waals surface area (Å²) in [7, 11) is -2.69. The predicted octanol–water partition coefficient (Wildman–Crippen LogP) is 4.51. The third-order valence-corrected chi connectivity index (χ3v) is 8.89. The molecule has 1 aliphatic rings. The van der Waals surface area contributed by atoms with Gasteiger partial charge in [0.2, 0.25) is 11.8 Å². The van der Waals surface area contributed by atoms with Crippen molar-refractivity contribution in [3.63, 3.8) is 0 Å². The van der Waals surface area contributed by atoms with Crippen molar-refractivity contribution in [2.75, 3.05) is 18.0 Å². The van der Waals surface area contributed by atoms with Gasteiger partial charge < -0.3 is 15.0 Å². The Labute approximate surface area is 234 Å². The van der Waals surface area contributed by atoms with Gasteiger partial charge in [-0.2, -0.15) is 0 Å². The zero-order valence-electron chi connectivity index (χ0n) is 22.6. The van der Waals surface area contributed by atoms with Crippen LogP contribution in [-0.2, 0) is 26.2 Å². The van der Waals surface area contributed by atoms with Gasteiger partial charge in [-0.05, 0) is 73.9 Å². The second kappa shape index (κ2) is 13.0. The van der Waals surface area contributed by atoms with Gasteiger partial charge >= 0.3 is 0 Å². The summed E-state index contributed by atoms with van der Waals surface area (Å²) in [4.78, 5) is 28.5. The lowest BCUT2D eigenvalue weighted by Gasteiger charge is -2.32. The summed E-state index contributed by atoms with van der Waals surface area (Å²) < 4.78 is 47.4. The number of ether oxygens (including phenoxy) is 1. The lowest BCUT2D eigenvalue weighted by molar-refractivity contribution is -0.139. The van der Waals surface area contributed by atoms with Gasteiger partial charge in [0.05, 0.1) is 17.7 Å². The van der Waals surface area contributed by atoms with E-state index in [0.29, 0.717) is 17.0 Å². The third-order valence-electron chi connectivity index (χ3n) is 7.11. The summed E-state index contributed by atoms with van der Waals surface area (Å²) in [6.45, 7) is 1.08. The van der Waals surface area contributed by atoms with E-state index in [4.69, 9.17) is 4.74 Å². The average molecular weight is 568 g/mol. The molecule has 0 spiro atoms. The van der Waals surface area contributed by atoms with Crippen LogP contribution in [0.25, 0.3) is 0 Å². The highest BCUT2D eigenvalue weighted by atomic mass is 32.2. The lowest BCUT2D eigenvalue weighted by Crippen LogP contribution is -2.52. The second-order valence-electron chi connectivity index (χ2n) is 9.84. The van der Waals surface area contributed by atoms with Crippen molar-refractivity contribution in [2.45, 2.75) is 56.1 Å². The summed E-state index contributed by atoms with van der Waals surface area (Å²) >= 11 is 0. The highest BCUT2D eigenvalue weighted by molar-refractivity contribution is 7.92. The molecule has 3 aromatic rings. The number of amides is 2. The van der Waals surface area contributed by atoms with Gasteiger partial charge in [0.1, 0.15) is 24.2 Å². The summed E-state index contributed by atoms with van der Waals surface area (Å²) in [5.74, 6) is -0.811. The monoisotopic (exact) mass is 567 g/mol. The van der Waals surface area contributed by atoms with Crippen LogP contribution in [0.4, 0.5) is 10.1 Å². The number of hydrogen-bond acceptors (Lipinski definition) is 5. The van der Waals surface area contributed by atoms with Gasteiger partial charge in [-0.25, -0.2) is 12.8 Å².